The standard InChI is InChI=1S/C11H19F3N2O/c12-11(13,14)8-16(9-1-2-9)7-10(15)3-5-17-6-4-10/h9H,1-8,15H2. The van der Waals surface area contributed by atoms with E-state index < -0.39 is 18.3 Å². The van der Waals surface area contributed by atoms with E-state index in [1.54, 1.807) is 0 Å². The fraction of sp³-hybridized carbons (Fsp3) is 1.00. The lowest BCUT2D eigenvalue weighted by Crippen LogP contribution is -2.55. The van der Waals surface area contributed by atoms with Gasteiger partial charge in [0.1, 0.15) is 0 Å². The first-order valence-electron chi connectivity index (χ1n) is 6.05. The molecule has 0 bridgehead atoms. The summed E-state index contributed by atoms with van der Waals surface area (Å²) in [4.78, 5) is 1.51. The maximum atomic E-state index is 12.5. The van der Waals surface area contributed by atoms with Crippen molar-refractivity contribution < 1.29 is 17.9 Å². The molecule has 1 aliphatic carbocycles. The number of ether oxygens (including phenoxy) is 1. The van der Waals surface area contributed by atoms with Crippen LogP contribution in [0.3, 0.4) is 0 Å². The van der Waals surface area contributed by atoms with Gasteiger partial charge in [0.15, 0.2) is 0 Å². The number of alkyl halides is 3. The van der Waals surface area contributed by atoms with Crippen molar-refractivity contribution in [2.45, 2.75) is 43.4 Å². The Labute approximate surface area is 99.1 Å². The Morgan fingerprint density at radius 3 is 2.29 bits per heavy atom. The minimum atomic E-state index is -4.13. The van der Waals surface area contributed by atoms with Crippen LogP contribution in [0.1, 0.15) is 25.7 Å². The molecule has 2 aliphatic rings. The Morgan fingerprint density at radius 1 is 1.24 bits per heavy atom. The van der Waals surface area contributed by atoms with Gasteiger partial charge in [0.25, 0.3) is 0 Å². The first-order valence-corrected chi connectivity index (χ1v) is 6.05. The summed E-state index contributed by atoms with van der Waals surface area (Å²) < 4.78 is 42.6. The molecule has 0 aromatic rings. The summed E-state index contributed by atoms with van der Waals surface area (Å²) in [5, 5.41) is 0. The van der Waals surface area contributed by atoms with Crippen LogP contribution in [0.5, 0.6) is 0 Å². The normalized spacial score (nSPS) is 25.2. The lowest BCUT2D eigenvalue weighted by molar-refractivity contribution is -0.149. The molecule has 3 nitrogen and oxygen atoms in total. The van der Waals surface area contributed by atoms with Crippen LogP contribution in [-0.4, -0.2) is 49.0 Å². The Morgan fingerprint density at radius 2 is 1.82 bits per heavy atom. The van der Waals surface area contributed by atoms with Gasteiger partial charge in [-0.15, -0.1) is 0 Å². The van der Waals surface area contributed by atoms with E-state index in [2.05, 4.69) is 0 Å². The lowest BCUT2D eigenvalue weighted by Gasteiger charge is -2.38. The molecule has 2 rings (SSSR count). The molecule has 0 unspecified atom stereocenters. The van der Waals surface area contributed by atoms with Crippen molar-refractivity contribution in [3.05, 3.63) is 0 Å². The van der Waals surface area contributed by atoms with Crippen molar-refractivity contribution in [3.63, 3.8) is 0 Å². The molecule has 1 heterocycles. The van der Waals surface area contributed by atoms with Crippen molar-refractivity contribution in [3.8, 4) is 0 Å². The largest absolute Gasteiger partial charge is 0.401 e. The average Bonchev–Trinajstić information content (AvgIpc) is 2.97. The summed E-state index contributed by atoms with van der Waals surface area (Å²) in [5.74, 6) is 0. The molecule has 0 atom stereocenters. The van der Waals surface area contributed by atoms with Crippen LogP contribution in [-0.2, 0) is 4.74 Å². The zero-order valence-corrected chi connectivity index (χ0v) is 9.80. The number of hydrogen-bond acceptors (Lipinski definition) is 3. The van der Waals surface area contributed by atoms with Crippen molar-refractivity contribution in [2.24, 2.45) is 5.73 Å². The molecule has 2 N–H and O–H groups in total. The van der Waals surface area contributed by atoms with Crippen LogP contribution in [0.25, 0.3) is 0 Å². The summed E-state index contributed by atoms with van der Waals surface area (Å²) in [6, 6.07) is 0.0832. The Bertz CT molecular complexity index is 260. The summed E-state index contributed by atoms with van der Waals surface area (Å²) in [6.45, 7) is 0.611. The summed E-state index contributed by atoms with van der Waals surface area (Å²) in [6.07, 6.45) is -1.11. The molecular formula is C11H19F3N2O. The highest BCUT2D eigenvalue weighted by molar-refractivity contribution is 4.95. The van der Waals surface area contributed by atoms with Gasteiger partial charge in [-0.3, -0.25) is 4.90 Å². The molecule has 1 aliphatic heterocycles. The molecule has 0 radical (unpaired) electrons. The van der Waals surface area contributed by atoms with E-state index in [4.69, 9.17) is 10.5 Å². The van der Waals surface area contributed by atoms with Gasteiger partial charge in [0.05, 0.1) is 6.54 Å². The SMILES string of the molecule is NC1(CN(CC(F)(F)F)C2CC2)CCOCC1. The van der Waals surface area contributed by atoms with Gasteiger partial charge in [-0.2, -0.15) is 13.2 Å². The highest BCUT2D eigenvalue weighted by atomic mass is 19.4. The highest BCUT2D eigenvalue weighted by Crippen LogP contribution is 2.32. The van der Waals surface area contributed by atoms with E-state index in [0.29, 0.717) is 32.6 Å². The summed E-state index contributed by atoms with van der Waals surface area (Å²) >= 11 is 0. The third-order valence-corrected chi connectivity index (χ3v) is 3.45. The second kappa shape index (κ2) is 4.74. The first kappa shape index (κ1) is 13.1. The minimum Gasteiger partial charge on any atom is -0.381 e. The molecule has 0 aromatic carbocycles. The third kappa shape index (κ3) is 4.12. The van der Waals surface area contributed by atoms with E-state index in [0.717, 1.165) is 12.8 Å². The Kier molecular flexibility index (Phi) is 3.66. The van der Waals surface area contributed by atoms with Crippen molar-refractivity contribution in [1.82, 2.24) is 4.90 Å². The molecule has 1 saturated heterocycles. The first-order chi connectivity index (χ1) is 7.88. The van der Waals surface area contributed by atoms with Crippen LogP contribution in [0.15, 0.2) is 0 Å². The van der Waals surface area contributed by atoms with E-state index in [1.165, 1.54) is 4.90 Å². The number of nitrogens with zero attached hydrogens (tertiary/aromatic N) is 1. The third-order valence-electron chi connectivity index (χ3n) is 3.45. The predicted octanol–water partition coefficient (Wildman–Crippen LogP) is 1.52. The zero-order valence-electron chi connectivity index (χ0n) is 9.80. The molecule has 0 amide bonds. The van der Waals surface area contributed by atoms with Crippen molar-refractivity contribution >= 4 is 0 Å². The van der Waals surface area contributed by atoms with Crippen molar-refractivity contribution in [1.29, 1.82) is 0 Å². The van der Waals surface area contributed by atoms with Crippen LogP contribution in [0.2, 0.25) is 0 Å². The van der Waals surface area contributed by atoms with Gasteiger partial charge in [0, 0.05) is 31.3 Å². The maximum absolute atomic E-state index is 12.5. The Balaban J connectivity index is 1.92. The zero-order chi connectivity index (χ0) is 12.5. The molecule has 100 valence electrons. The molecule has 1 saturated carbocycles. The van der Waals surface area contributed by atoms with E-state index in [9.17, 15) is 13.2 Å². The fourth-order valence-electron chi connectivity index (χ4n) is 2.32. The topological polar surface area (TPSA) is 38.5 Å². The van der Waals surface area contributed by atoms with Gasteiger partial charge in [-0.1, -0.05) is 0 Å². The quantitative estimate of drug-likeness (QED) is 0.824. The number of hydrogen-bond donors (Lipinski definition) is 1. The van der Waals surface area contributed by atoms with Crippen LogP contribution >= 0.6 is 0 Å². The van der Waals surface area contributed by atoms with Gasteiger partial charge in [-0.25, -0.2) is 0 Å². The highest BCUT2D eigenvalue weighted by Gasteiger charge is 2.41. The number of halogens is 3. The summed E-state index contributed by atoms with van der Waals surface area (Å²) in [5.41, 5.74) is 5.65. The smallest absolute Gasteiger partial charge is 0.381 e. The monoisotopic (exact) mass is 252 g/mol. The average molecular weight is 252 g/mol. The van der Waals surface area contributed by atoms with Gasteiger partial charge >= 0.3 is 6.18 Å². The molecular weight excluding hydrogens is 233 g/mol. The molecule has 17 heavy (non-hydrogen) atoms. The maximum Gasteiger partial charge on any atom is 0.401 e. The number of rotatable bonds is 4. The molecule has 0 aromatic heterocycles. The molecule has 2 fully saturated rings. The Hall–Kier alpha value is -0.330. The molecule has 0 spiro atoms. The van der Waals surface area contributed by atoms with E-state index >= 15 is 0 Å². The van der Waals surface area contributed by atoms with Gasteiger partial charge < -0.3 is 10.5 Å². The fourth-order valence-corrected chi connectivity index (χ4v) is 2.32. The molecule has 6 heteroatoms. The minimum absolute atomic E-state index is 0.0832. The van der Waals surface area contributed by atoms with Crippen LogP contribution in [0, 0.1) is 0 Å². The summed E-state index contributed by atoms with van der Waals surface area (Å²) in [7, 11) is 0. The van der Waals surface area contributed by atoms with Crippen LogP contribution < -0.4 is 5.73 Å². The predicted molar refractivity (Wildman–Crippen MR) is 57.6 cm³/mol. The second-order valence-corrected chi connectivity index (χ2v) is 5.23. The van der Waals surface area contributed by atoms with Gasteiger partial charge in [-0.05, 0) is 25.7 Å². The van der Waals surface area contributed by atoms with E-state index in [-0.39, 0.29) is 6.04 Å². The lowest BCUT2D eigenvalue weighted by atomic mass is 9.90. The second-order valence-electron chi connectivity index (χ2n) is 5.23. The van der Waals surface area contributed by atoms with Gasteiger partial charge in [0.2, 0.25) is 0 Å². The van der Waals surface area contributed by atoms with Crippen LogP contribution in [0.4, 0.5) is 13.2 Å². The number of nitrogens with two attached hydrogens (primary N) is 1. The van der Waals surface area contributed by atoms with E-state index in [1.807, 2.05) is 0 Å². The van der Waals surface area contributed by atoms with Crippen molar-refractivity contribution in [2.75, 3.05) is 26.3 Å².